The summed E-state index contributed by atoms with van der Waals surface area (Å²) in [6.45, 7) is 4.50. The van der Waals surface area contributed by atoms with Crippen LogP contribution in [0.2, 0.25) is 0 Å². The van der Waals surface area contributed by atoms with Gasteiger partial charge in [-0.05, 0) is 45.2 Å². The second-order valence-electron chi connectivity index (χ2n) is 6.31. The molecule has 2 N–H and O–H groups in total. The third-order valence-corrected chi connectivity index (χ3v) is 4.74. The number of phenols is 1. The third-order valence-electron chi connectivity index (χ3n) is 4.74. The van der Waals surface area contributed by atoms with Crippen LogP contribution in [-0.2, 0) is 0 Å². The predicted octanol–water partition coefficient (Wildman–Crippen LogP) is 3.06. The van der Waals surface area contributed by atoms with Crippen LogP contribution in [0.3, 0.4) is 0 Å². The summed E-state index contributed by atoms with van der Waals surface area (Å²) in [6.07, 6.45) is 6.57. The van der Waals surface area contributed by atoms with E-state index in [1.165, 1.54) is 32.1 Å². The van der Waals surface area contributed by atoms with E-state index in [0.29, 0.717) is 23.9 Å². The van der Waals surface area contributed by atoms with Crippen LogP contribution >= 0.6 is 0 Å². The van der Waals surface area contributed by atoms with Gasteiger partial charge in [0.05, 0.1) is 0 Å². The Hall–Kier alpha value is -1.06. The Balaban J connectivity index is 1.71. The van der Waals surface area contributed by atoms with Crippen molar-refractivity contribution in [3.05, 3.63) is 29.8 Å². The van der Waals surface area contributed by atoms with E-state index in [2.05, 4.69) is 23.2 Å². The number of nitrogens with one attached hydrogen (secondary N) is 1. The summed E-state index contributed by atoms with van der Waals surface area (Å²) in [4.78, 5) is 2.60. The predicted molar refractivity (Wildman–Crippen MR) is 81.9 cm³/mol. The van der Waals surface area contributed by atoms with Gasteiger partial charge in [0.15, 0.2) is 0 Å². The molecule has 3 nitrogen and oxygen atoms in total. The van der Waals surface area contributed by atoms with E-state index < -0.39 is 0 Å². The maximum absolute atomic E-state index is 10.1. The number of benzene rings is 1. The molecule has 20 heavy (non-hydrogen) atoms. The molecule has 0 bridgehead atoms. The minimum Gasteiger partial charge on any atom is -0.508 e. The molecule has 1 saturated carbocycles. The molecule has 3 rings (SSSR count). The van der Waals surface area contributed by atoms with Crippen molar-refractivity contribution in [1.82, 2.24) is 10.2 Å². The van der Waals surface area contributed by atoms with Crippen molar-refractivity contribution in [3.8, 4) is 5.75 Å². The SMILES string of the molecule is CC(c1ccccc1O)N(CC1CCCCN1)C1CC1. The van der Waals surface area contributed by atoms with Crippen molar-refractivity contribution in [2.24, 2.45) is 0 Å². The molecule has 2 unspecified atom stereocenters. The van der Waals surface area contributed by atoms with E-state index >= 15 is 0 Å². The van der Waals surface area contributed by atoms with Crippen LogP contribution in [0.5, 0.6) is 5.75 Å². The Morgan fingerprint density at radius 2 is 2.05 bits per heavy atom. The molecule has 1 saturated heterocycles. The molecule has 1 aliphatic carbocycles. The van der Waals surface area contributed by atoms with Crippen LogP contribution in [-0.4, -0.2) is 35.2 Å². The van der Waals surface area contributed by atoms with Gasteiger partial charge in [-0.3, -0.25) is 4.90 Å². The molecule has 0 spiro atoms. The summed E-state index contributed by atoms with van der Waals surface area (Å²) >= 11 is 0. The van der Waals surface area contributed by atoms with Crippen molar-refractivity contribution in [2.75, 3.05) is 13.1 Å². The lowest BCUT2D eigenvalue weighted by molar-refractivity contribution is 0.164. The van der Waals surface area contributed by atoms with Crippen LogP contribution in [0.1, 0.15) is 50.6 Å². The first-order chi connectivity index (χ1) is 9.75. The fourth-order valence-electron chi connectivity index (χ4n) is 3.38. The average molecular weight is 274 g/mol. The fraction of sp³-hybridized carbons (Fsp3) is 0.647. The zero-order valence-corrected chi connectivity index (χ0v) is 12.4. The van der Waals surface area contributed by atoms with Crippen molar-refractivity contribution in [2.45, 2.75) is 57.2 Å². The van der Waals surface area contributed by atoms with Crippen LogP contribution in [0, 0.1) is 0 Å². The first-order valence-electron chi connectivity index (χ1n) is 8.02. The molecule has 0 aromatic heterocycles. The summed E-state index contributed by atoms with van der Waals surface area (Å²) < 4.78 is 0. The molecule has 0 radical (unpaired) electrons. The maximum atomic E-state index is 10.1. The average Bonchev–Trinajstić information content (AvgIpc) is 3.30. The number of aromatic hydroxyl groups is 1. The minimum atomic E-state index is 0.299. The van der Waals surface area contributed by atoms with Crippen LogP contribution in [0.4, 0.5) is 0 Å². The van der Waals surface area contributed by atoms with E-state index in [1.54, 1.807) is 6.07 Å². The van der Waals surface area contributed by atoms with E-state index in [1.807, 2.05) is 12.1 Å². The van der Waals surface area contributed by atoms with Crippen LogP contribution in [0.15, 0.2) is 24.3 Å². The van der Waals surface area contributed by atoms with Crippen molar-refractivity contribution >= 4 is 0 Å². The van der Waals surface area contributed by atoms with Gasteiger partial charge < -0.3 is 10.4 Å². The Morgan fingerprint density at radius 3 is 2.70 bits per heavy atom. The van der Waals surface area contributed by atoms with Gasteiger partial charge in [-0.25, -0.2) is 0 Å². The molecular formula is C17H26N2O. The molecule has 1 aromatic carbocycles. The molecule has 2 aliphatic rings. The molecule has 110 valence electrons. The van der Waals surface area contributed by atoms with Gasteiger partial charge in [-0.15, -0.1) is 0 Å². The molecule has 0 amide bonds. The quantitative estimate of drug-likeness (QED) is 0.866. The van der Waals surface area contributed by atoms with E-state index in [0.717, 1.165) is 18.7 Å². The van der Waals surface area contributed by atoms with Gasteiger partial charge in [-0.2, -0.15) is 0 Å². The van der Waals surface area contributed by atoms with Crippen LogP contribution in [0.25, 0.3) is 0 Å². The fourth-order valence-corrected chi connectivity index (χ4v) is 3.38. The highest BCUT2D eigenvalue weighted by Gasteiger charge is 2.34. The Kier molecular flexibility index (Phi) is 4.27. The number of nitrogens with zero attached hydrogens (tertiary/aromatic N) is 1. The summed E-state index contributed by atoms with van der Waals surface area (Å²) in [5.74, 6) is 0.433. The number of phenolic OH excluding ortho intramolecular Hbond substituents is 1. The van der Waals surface area contributed by atoms with Gasteiger partial charge in [0.25, 0.3) is 0 Å². The van der Waals surface area contributed by atoms with E-state index in [-0.39, 0.29) is 0 Å². The molecule has 1 aliphatic heterocycles. The van der Waals surface area contributed by atoms with Gasteiger partial charge in [0.2, 0.25) is 0 Å². The number of hydrogen-bond acceptors (Lipinski definition) is 3. The first kappa shape index (κ1) is 13.9. The maximum Gasteiger partial charge on any atom is 0.120 e. The molecule has 1 aromatic rings. The second kappa shape index (κ2) is 6.15. The Bertz CT molecular complexity index is 438. The highest BCUT2D eigenvalue weighted by Crippen LogP contribution is 2.37. The largest absolute Gasteiger partial charge is 0.508 e. The smallest absolute Gasteiger partial charge is 0.120 e. The molecular weight excluding hydrogens is 248 g/mol. The number of para-hydroxylation sites is 1. The van der Waals surface area contributed by atoms with Crippen LogP contribution < -0.4 is 5.32 Å². The molecule has 3 heteroatoms. The standard InChI is InChI=1S/C17H26N2O/c1-13(16-7-2-3-8-17(16)20)19(15-9-10-15)12-14-6-4-5-11-18-14/h2-3,7-8,13-15,18,20H,4-6,9-12H2,1H3. The van der Waals surface area contributed by atoms with Gasteiger partial charge in [0, 0.05) is 30.2 Å². The number of hydrogen-bond donors (Lipinski definition) is 2. The zero-order chi connectivity index (χ0) is 13.9. The lowest BCUT2D eigenvalue weighted by Crippen LogP contribution is -2.45. The number of piperidine rings is 1. The van der Waals surface area contributed by atoms with Crippen molar-refractivity contribution in [3.63, 3.8) is 0 Å². The monoisotopic (exact) mass is 274 g/mol. The Labute approximate surface area is 122 Å². The highest BCUT2D eigenvalue weighted by molar-refractivity contribution is 5.34. The number of rotatable bonds is 5. The topological polar surface area (TPSA) is 35.5 Å². The minimum absolute atomic E-state index is 0.299. The summed E-state index contributed by atoms with van der Waals surface area (Å²) in [7, 11) is 0. The van der Waals surface area contributed by atoms with Gasteiger partial charge >= 0.3 is 0 Å². The second-order valence-corrected chi connectivity index (χ2v) is 6.31. The third kappa shape index (κ3) is 3.15. The first-order valence-corrected chi connectivity index (χ1v) is 8.02. The van der Waals surface area contributed by atoms with E-state index in [9.17, 15) is 5.11 Å². The summed E-state index contributed by atoms with van der Waals surface area (Å²) in [5.41, 5.74) is 1.07. The lowest BCUT2D eigenvalue weighted by Gasteiger charge is -2.35. The highest BCUT2D eigenvalue weighted by atomic mass is 16.3. The summed E-state index contributed by atoms with van der Waals surface area (Å²) in [6, 6.07) is 9.42. The lowest BCUT2D eigenvalue weighted by atomic mass is 10.0. The van der Waals surface area contributed by atoms with E-state index in [4.69, 9.17) is 0 Å². The molecule has 2 atom stereocenters. The van der Waals surface area contributed by atoms with Crippen molar-refractivity contribution in [1.29, 1.82) is 0 Å². The Morgan fingerprint density at radius 1 is 1.25 bits per heavy atom. The van der Waals surface area contributed by atoms with Gasteiger partial charge in [0.1, 0.15) is 5.75 Å². The zero-order valence-electron chi connectivity index (χ0n) is 12.4. The normalized spacial score (nSPS) is 24.8. The molecule has 2 fully saturated rings. The van der Waals surface area contributed by atoms with Crippen molar-refractivity contribution < 1.29 is 5.11 Å². The molecule has 1 heterocycles. The van der Waals surface area contributed by atoms with Gasteiger partial charge in [-0.1, -0.05) is 24.6 Å². The summed E-state index contributed by atoms with van der Waals surface area (Å²) in [5, 5.41) is 13.7.